The van der Waals surface area contributed by atoms with E-state index in [1.54, 1.807) is 17.5 Å². The zero-order valence-corrected chi connectivity index (χ0v) is 14.6. The van der Waals surface area contributed by atoms with Crippen LogP contribution in [0.5, 0.6) is 0 Å². The average Bonchev–Trinajstić information content (AvgIpc) is 3.17. The van der Waals surface area contributed by atoms with E-state index in [9.17, 15) is 4.79 Å². The summed E-state index contributed by atoms with van der Waals surface area (Å²) in [7, 11) is 0. The monoisotopic (exact) mass is 339 g/mol. The quantitative estimate of drug-likeness (QED) is 0.699. The van der Waals surface area contributed by atoms with Crippen molar-refractivity contribution in [3.05, 3.63) is 70.2 Å². The summed E-state index contributed by atoms with van der Waals surface area (Å²) in [6.45, 7) is 2.81. The van der Waals surface area contributed by atoms with Gasteiger partial charge in [-0.2, -0.15) is 5.10 Å². The van der Waals surface area contributed by atoms with Crippen LogP contribution in [0.25, 0.3) is 0 Å². The van der Waals surface area contributed by atoms with Gasteiger partial charge < -0.3 is 5.32 Å². The molecule has 0 radical (unpaired) electrons. The van der Waals surface area contributed by atoms with Crippen LogP contribution >= 0.6 is 11.3 Å². The van der Waals surface area contributed by atoms with Gasteiger partial charge in [-0.15, -0.1) is 11.3 Å². The third-order valence-electron chi connectivity index (χ3n) is 3.73. The van der Waals surface area contributed by atoms with E-state index in [2.05, 4.69) is 41.6 Å². The summed E-state index contributed by atoms with van der Waals surface area (Å²) < 4.78 is 1.83. The van der Waals surface area contributed by atoms with Crippen molar-refractivity contribution < 1.29 is 4.79 Å². The smallest absolute Gasteiger partial charge is 0.224 e. The third kappa shape index (κ3) is 4.80. The van der Waals surface area contributed by atoms with Crippen molar-refractivity contribution in [1.82, 2.24) is 9.78 Å². The van der Waals surface area contributed by atoms with Crippen molar-refractivity contribution in [2.24, 2.45) is 0 Å². The van der Waals surface area contributed by atoms with E-state index in [1.165, 1.54) is 15.3 Å². The van der Waals surface area contributed by atoms with Crippen molar-refractivity contribution in [3.8, 4) is 0 Å². The molecule has 0 aliphatic heterocycles. The topological polar surface area (TPSA) is 46.9 Å². The number of rotatable bonds is 7. The van der Waals surface area contributed by atoms with E-state index in [4.69, 9.17) is 0 Å². The number of aryl methyl sites for hydroxylation is 2. The molecule has 5 heteroatoms. The highest BCUT2D eigenvalue weighted by atomic mass is 32.1. The van der Waals surface area contributed by atoms with E-state index in [0.717, 1.165) is 18.5 Å². The summed E-state index contributed by atoms with van der Waals surface area (Å²) in [6, 6.07) is 14.4. The first-order valence-corrected chi connectivity index (χ1v) is 8.92. The predicted molar refractivity (Wildman–Crippen MR) is 98.4 cm³/mol. The number of hydrogen-bond donors (Lipinski definition) is 1. The van der Waals surface area contributed by atoms with E-state index in [-0.39, 0.29) is 5.91 Å². The Kier molecular flexibility index (Phi) is 5.43. The van der Waals surface area contributed by atoms with Gasteiger partial charge in [0.25, 0.3) is 0 Å². The molecule has 1 N–H and O–H groups in total. The summed E-state index contributed by atoms with van der Waals surface area (Å²) in [6.07, 6.45) is 5.92. The largest absolute Gasteiger partial charge is 0.323 e. The average molecular weight is 339 g/mol. The minimum Gasteiger partial charge on any atom is -0.323 e. The highest BCUT2D eigenvalue weighted by Gasteiger charge is 2.06. The SMILES string of the molecule is Cc1ccc(CCCC(=O)Nc2cnn(Cc3ccccc3)c2)s1. The first-order chi connectivity index (χ1) is 11.7. The number of amides is 1. The number of carbonyl (C=O) groups excluding carboxylic acids is 1. The van der Waals surface area contributed by atoms with E-state index in [0.29, 0.717) is 13.0 Å². The molecule has 3 aromatic rings. The van der Waals surface area contributed by atoms with E-state index in [1.807, 2.05) is 29.1 Å². The van der Waals surface area contributed by atoms with Gasteiger partial charge in [-0.25, -0.2) is 0 Å². The summed E-state index contributed by atoms with van der Waals surface area (Å²) >= 11 is 1.80. The molecule has 0 saturated heterocycles. The fourth-order valence-electron chi connectivity index (χ4n) is 2.55. The maximum atomic E-state index is 12.0. The molecule has 0 aliphatic rings. The van der Waals surface area contributed by atoms with Crippen molar-refractivity contribution in [2.45, 2.75) is 32.7 Å². The molecule has 124 valence electrons. The normalized spacial score (nSPS) is 10.7. The lowest BCUT2D eigenvalue weighted by Crippen LogP contribution is -2.11. The molecule has 1 aromatic carbocycles. The van der Waals surface area contributed by atoms with Gasteiger partial charge in [0.1, 0.15) is 0 Å². The van der Waals surface area contributed by atoms with Crippen LogP contribution in [0.1, 0.15) is 28.2 Å². The molecule has 0 bridgehead atoms. The number of anilines is 1. The lowest BCUT2D eigenvalue weighted by molar-refractivity contribution is -0.116. The Labute approximate surface area is 146 Å². The number of thiophene rings is 1. The Morgan fingerprint density at radius 1 is 1.21 bits per heavy atom. The summed E-state index contributed by atoms with van der Waals surface area (Å²) in [4.78, 5) is 14.7. The lowest BCUT2D eigenvalue weighted by atomic mass is 10.2. The molecule has 2 aromatic heterocycles. The first-order valence-electron chi connectivity index (χ1n) is 8.10. The predicted octanol–water partition coefficient (Wildman–Crippen LogP) is 4.26. The molecule has 3 rings (SSSR count). The lowest BCUT2D eigenvalue weighted by Gasteiger charge is -2.02. The zero-order chi connectivity index (χ0) is 16.8. The molecule has 0 aliphatic carbocycles. The zero-order valence-electron chi connectivity index (χ0n) is 13.7. The summed E-state index contributed by atoms with van der Waals surface area (Å²) in [5.74, 6) is 0.0440. The van der Waals surface area contributed by atoms with Gasteiger partial charge in [0.05, 0.1) is 18.4 Å². The van der Waals surface area contributed by atoms with Crippen LogP contribution in [0.15, 0.2) is 54.9 Å². The molecular weight excluding hydrogens is 318 g/mol. The van der Waals surface area contributed by atoms with Gasteiger partial charge in [-0.1, -0.05) is 30.3 Å². The van der Waals surface area contributed by atoms with Crippen LogP contribution in [0.3, 0.4) is 0 Å². The number of nitrogens with zero attached hydrogens (tertiary/aromatic N) is 2. The Balaban J connectivity index is 1.44. The van der Waals surface area contributed by atoms with Crippen LogP contribution in [-0.4, -0.2) is 15.7 Å². The second kappa shape index (κ2) is 7.93. The minimum absolute atomic E-state index is 0.0440. The third-order valence-corrected chi connectivity index (χ3v) is 4.79. The molecule has 0 spiro atoms. The maximum Gasteiger partial charge on any atom is 0.224 e. The standard InChI is InChI=1S/C19H21N3OS/c1-15-10-11-18(24-15)8-5-9-19(23)21-17-12-20-22(14-17)13-16-6-3-2-4-7-16/h2-4,6-7,10-12,14H,5,8-9,13H2,1H3,(H,21,23). The van der Waals surface area contributed by atoms with Gasteiger partial charge >= 0.3 is 0 Å². The fraction of sp³-hybridized carbons (Fsp3) is 0.263. The summed E-state index contributed by atoms with van der Waals surface area (Å²) in [5.41, 5.74) is 1.94. The molecule has 24 heavy (non-hydrogen) atoms. The molecule has 1 amide bonds. The molecule has 0 fully saturated rings. The molecule has 0 unspecified atom stereocenters. The summed E-state index contributed by atoms with van der Waals surface area (Å²) in [5, 5.41) is 7.22. The molecule has 0 saturated carbocycles. The fourth-order valence-corrected chi connectivity index (χ4v) is 3.48. The number of aromatic nitrogens is 2. The second-order valence-electron chi connectivity index (χ2n) is 5.83. The number of carbonyl (C=O) groups is 1. The van der Waals surface area contributed by atoms with Gasteiger partial charge in [0.15, 0.2) is 0 Å². The Bertz CT molecular complexity index is 792. The Morgan fingerprint density at radius 3 is 2.79 bits per heavy atom. The van der Waals surface area contributed by atoms with Crippen LogP contribution in [0.2, 0.25) is 0 Å². The van der Waals surface area contributed by atoms with Crippen molar-refractivity contribution in [2.75, 3.05) is 5.32 Å². The van der Waals surface area contributed by atoms with Crippen LogP contribution in [-0.2, 0) is 17.8 Å². The Hall–Kier alpha value is -2.40. The van der Waals surface area contributed by atoms with Crippen LogP contribution in [0, 0.1) is 6.92 Å². The highest BCUT2D eigenvalue weighted by Crippen LogP contribution is 2.17. The van der Waals surface area contributed by atoms with Crippen molar-refractivity contribution in [3.63, 3.8) is 0 Å². The molecule has 0 atom stereocenters. The molecule has 2 heterocycles. The van der Waals surface area contributed by atoms with E-state index < -0.39 is 0 Å². The first kappa shape index (κ1) is 16.5. The van der Waals surface area contributed by atoms with Gasteiger partial charge in [0.2, 0.25) is 5.91 Å². The number of hydrogen-bond acceptors (Lipinski definition) is 3. The van der Waals surface area contributed by atoms with Gasteiger partial charge in [0, 0.05) is 22.4 Å². The molecular formula is C19H21N3OS. The van der Waals surface area contributed by atoms with E-state index >= 15 is 0 Å². The second-order valence-corrected chi connectivity index (χ2v) is 7.20. The minimum atomic E-state index is 0.0440. The van der Waals surface area contributed by atoms with Crippen LogP contribution < -0.4 is 5.32 Å². The van der Waals surface area contributed by atoms with Crippen molar-refractivity contribution >= 4 is 22.9 Å². The highest BCUT2D eigenvalue weighted by molar-refractivity contribution is 7.11. The number of benzene rings is 1. The van der Waals surface area contributed by atoms with Gasteiger partial charge in [-0.05, 0) is 37.5 Å². The Morgan fingerprint density at radius 2 is 2.04 bits per heavy atom. The number of nitrogens with one attached hydrogen (secondary N) is 1. The van der Waals surface area contributed by atoms with Gasteiger partial charge in [-0.3, -0.25) is 9.48 Å². The molecule has 4 nitrogen and oxygen atoms in total. The van der Waals surface area contributed by atoms with Crippen molar-refractivity contribution in [1.29, 1.82) is 0 Å². The van der Waals surface area contributed by atoms with Crippen LogP contribution in [0.4, 0.5) is 5.69 Å². The maximum absolute atomic E-state index is 12.0.